The molecule has 0 aromatic heterocycles. The number of nitrogens with two attached hydrogens (primary N) is 1. The number of hydrogen-bond acceptors (Lipinski definition) is 2. The van der Waals surface area contributed by atoms with Gasteiger partial charge in [0.05, 0.1) is 5.41 Å². The van der Waals surface area contributed by atoms with E-state index in [1.165, 1.54) is 25.7 Å². The SMILES string of the molecule is CCC(C)(CN)C(=O)N(C)C1CCCCCC1. The molecule has 0 saturated heterocycles. The van der Waals surface area contributed by atoms with Crippen LogP contribution in [0.15, 0.2) is 0 Å². The van der Waals surface area contributed by atoms with Crippen LogP contribution < -0.4 is 5.73 Å². The van der Waals surface area contributed by atoms with E-state index in [9.17, 15) is 4.79 Å². The summed E-state index contributed by atoms with van der Waals surface area (Å²) in [5, 5.41) is 0. The highest BCUT2D eigenvalue weighted by Crippen LogP contribution is 2.27. The van der Waals surface area contributed by atoms with Crippen LogP contribution in [-0.4, -0.2) is 30.4 Å². The first-order chi connectivity index (χ1) is 8.05. The zero-order chi connectivity index (χ0) is 12.9. The van der Waals surface area contributed by atoms with E-state index in [1.807, 2.05) is 25.8 Å². The van der Waals surface area contributed by atoms with Crippen LogP contribution in [0.3, 0.4) is 0 Å². The Labute approximate surface area is 106 Å². The van der Waals surface area contributed by atoms with Crippen LogP contribution in [0.5, 0.6) is 0 Å². The Hall–Kier alpha value is -0.570. The van der Waals surface area contributed by atoms with Gasteiger partial charge in [0.15, 0.2) is 0 Å². The van der Waals surface area contributed by atoms with E-state index in [-0.39, 0.29) is 11.3 Å². The van der Waals surface area contributed by atoms with Gasteiger partial charge < -0.3 is 10.6 Å². The van der Waals surface area contributed by atoms with E-state index in [1.54, 1.807) is 0 Å². The number of carbonyl (C=O) groups excluding carboxylic acids is 1. The van der Waals surface area contributed by atoms with Gasteiger partial charge in [-0.25, -0.2) is 0 Å². The molecule has 17 heavy (non-hydrogen) atoms. The van der Waals surface area contributed by atoms with Crippen molar-refractivity contribution in [1.29, 1.82) is 0 Å². The van der Waals surface area contributed by atoms with Crippen LogP contribution in [0.2, 0.25) is 0 Å². The summed E-state index contributed by atoms with van der Waals surface area (Å²) in [6.07, 6.45) is 8.29. The second kappa shape index (κ2) is 6.39. The van der Waals surface area contributed by atoms with Gasteiger partial charge >= 0.3 is 0 Å². The van der Waals surface area contributed by atoms with Gasteiger partial charge in [-0.15, -0.1) is 0 Å². The highest BCUT2D eigenvalue weighted by molar-refractivity contribution is 5.82. The first-order valence-corrected chi connectivity index (χ1v) is 7.02. The number of amides is 1. The summed E-state index contributed by atoms with van der Waals surface area (Å²) in [5.41, 5.74) is 5.40. The minimum Gasteiger partial charge on any atom is -0.342 e. The summed E-state index contributed by atoms with van der Waals surface area (Å²) in [6.45, 7) is 4.48. The zero-order valence-electron chi connectivity index (χ0n) is 11.7. The highest BCUT2D eigenvalue weighted by Gasteiger charge is 2.34. The maximum atomic E-state index is 12.5. The molecule has 0 spiro atoms. The van der Waals surface area contributed by atoms with Crippen molar-refractivity contribution in [2.24, 2.45) is 11.1 Å². The molecular weight excluding hydrogens is 212 g/mol. The van der Waals surface area contributed by atoms with Crippen molar-refractivity contribution in [3.05, 3.63) is 0 Å². The van der Waals surface area contributed by atoms with Gasteiger partial charge in [-0.3, -0.25) is 4.79 Å². The lowest BCUT2D eigenvalue weighted by Gasteiger charge is -2.35. The lowest BCUT2D eigenvalue weighted by Crippen LogP contribution is -2.48. The molecule has 1 saturated carbocycles. The van der Waals surface area contributed by atoms with Crippen molar-refractivity contribution in [2.45, 2.75) is 64.8 Å². The lowest BCUT2D eigenvalue weighted by molar-refractivity contribution is -0.142. The van der Waals surface area contributed by atoms with Gasteiger partial charge in [0.25, 0.3) is 0 Å². The largest absolute Gasteiger partial charge is 0.342 e. The Morgan fingerprint density at radius 2 is 1.82 bits per heavy atom. The number of hydrogen-bond donors (Lipinski definition) is 1. The van der Waals surface area contributed by atoms with E-state index in [4.69, 9.17) is 5.73 Å². The Morgan fingerprint density at radius 3 is 2.24 bits per heavy atom. The van der Waals surface area contributed by atoms with E-state index in [0.717, 1.165) is 19.3 Å². The van der Waals surface area contributed by atoms with Gasteiger partial charge in [-0.2, -0.15) is 0 Å². The summed E-state index contributed by atoms with van der Waals surface area (Å²) in [4.78, 5) is 14.5. The van der Waals surface area contributed by atoms with Crippen LogP contribution in [0.4, 0.5) is 0 Å². The minimum atomic E-state index is -0.374. The van der Waals surface area contributed by atoms with Crippen LogP contribution in [0.1, 0.15) is 58.8 Å². The Kier molecular flexibility index (Phi) is 5.44. The van der Waals surface area contributed by atoms with Crippen molar-refractivity contribution in [2.75, 3.05) is 13.6 Å². The van der Waals surface area contributed by atoms with Crippen LogP contribution in [-0.2, 0) is 4.79 Å². The molecule has 0 heterocycles. The second-order valence-corrected chi connectivity index (χ2v) is 5.68. The van der Waals surface area contributed by atoms with E-state index in [0.29, 0.717) is 12.6 Å². The van der Waals surface area contributed by atoms with Crippen molar-refractivity contribution in [3.8, 4) is 0 Å². The molecule has 0 aliphatic heterocycles. The fraction of sp³-hybridized carbons (Fsp3) is 0.929. The van der Waals surface area contributed by atoms with Gasteiger partial charge in [0.1, 0.15) is 0 Å². The van der Waals surface area contributed by atoms with Gasteiger partial charge in [-0.05, 0) is 26.2 Å². The van der Waals surface area contributed by atoms with Gasteiger partial charge in [-0.1, -0.05) is 32.6 Å². The number of carbonyl (C=O) groups is 1. The topological polar surface area (TPSA) is 46.3 Å². The summed E-state index contributed by atoms with van der Waals surface area (Å²) in [7, 11) is 1.96. The number of rotatable bonds is 4. The molecular formula is C14H28N2O. The fourth-order valence-electron chi connectivity index (χ4n) is 2.62. The predicted molar refractivity (Wildman–Crippen MR) is 71.7 cm³/mol. The lowest BCUT2D eigenvalue weighted by atomic mass is 9.85. The zero-order valence-corrected chi connectivity index (χ0v) is 11.7. The third-order valence-corrected chi connectivity index (χ3v) is 4.44. The normalized spacial score (nSPS) is 21.6. The highest BCUT2D eigenvalue weighted by atomic mass is 16.2. The average molecular weight is 240 g/mol. The van der Waals surface area contributed by atoms with Crippen molar-refractivity contribution in [1.82, 2.24) is 4.90 Å². The molecule has 2 N–H and O–H groups in total. The maximum absolute atomic E-state index is 12.5. The standard InChI is InChI=1S/C14H28N2O/c1-4-14(2,11-15)13(17)16(3)12-9-7-5-6-8-10-12/h12H,4-11,15H2,1-3H3. The minimum absolute atomic E-state index is 0.231. The molecule has 0 bridgehead atoms. The first-order valence-electron chi connectivity index (χ1n) is 7.02. The van der Waals surface area contributed by atoms with Crippen LogP contribution in [0.25, 0.3) is 0 Å². The van der Waals surface area contributed by atoms with Crippen molar-refractivity contribution < 1.29 is 4.79 Å². The summed E-state index contributed by atoms with van der Waals surface area (Å²) >= 11 is 0. The Morgan fingerprint density at radius 1 is 1.29 bits per heavy atom. The molecule has 0 radical (unpaired) electrons. The fourth-order valence-corrected chi connectivity index (χ4v) is 2.62. The molecule has 1 rings (SSSR count). The first kappa shape index (κ1) is 14.5. The third kappa shape index (κ3) is 3.44. The molecule has 0 aromatic rings. The molecule has 0 aromatic carbocycles. The molecule has 1 atom stereocenters. The van der Waals surface area contributed by atoms with Crippen LogP contribution >= 0.6 is 0 Å². The molecule has 1 unspecified atom stereocenters. The maximum Gasteiger partial charge on any atom is 0.229 e. The van der Waals surface area contributed by atoms with E-state index >= 15 is 0 Å². The van der Waals surface area contributed by atoms with Gasteiger partial charge in [0.2, 0.25) is 5.91 Å². The summed E-state index contributed by atoms with van der Waals surface area (Å²) in [6, 6.07) is 0.433. The van der Waals surface area contributed by atoms with E-state index in [2.05, 4.69) is 0 Å². The van der Waals surface area contributed by atoms with Crippen LogP contribution in [0, 0.1) is 5.41 Å². The predicted octanol–water partition coefficient (Wildman–Crippen LogP) is 2.54. The molecule has 100 valence electrons. The monoisotopic (exact) mass is 240 g/mol. The molecule has 1 fully saturated rings. The Balaban J connectivity index is 2.67. The average Bonchev–Trinajstić information content (AvgIpc) is 2.64. The molecule has 1 aliphatic carbocycles. The quantitative estimate of drug-likeness (QED) is 0.768. The van der Waals surface area contributed by atoms with Gasteiger partial charge in [0, 0.05) is 19.6 Å². The number of nitrogens with zero attached hydrogens (tertiary/aromatic N) is 1. The van der Waals surface area contributed by atoms with Crippen molar-refractivity contribution in [3.63, 3.8) is 0 Å². The second-order valence-electron chi connectivity index (χ2n) is 5.68. The third-order valence-electron chi connectivity index (χ3n) is 4.44. The molecule has 3 nitrogen and oxygen atoms in total. The molecule has 1 aliphatic rings. The summed E-state index contributed by atoms with van der Waals surface area (Å²) in [5.74, 6) is 0.231. The summed E-state index contributed by atoms with van der Waals surface area (Å²) < 4.78 is 0. The smallest absolute Gasteiger partial charge is 0.229 e. The van der Waals surface area contributed by atoms with E-state index < -0.39 is 0 Å². The molecule has 1 amide bonds. The van der Waals surface area contributed by atoms with Crippen molar-refractivity contribution >= 4 is 5.91 Å². The Bertz CT molecular complexity index is 241. The molecule has 3 heteroatoms.